The fourth-order valence-electron chi connectivity index (χ4n) is 2.77. The largest absolute Gasteiger partial charge is 0.493 e. The summed E-state index contributed by atoms with van der Waals surface area (Å²) in [4.78, 5) is 24.4. The average Bonchev–Trinajstić information content (AvgIpc) is 2.81. The van der Waals surface area contributed by atoms with Crippen LogP contribution < -0.4 is 19.5 Å². The van der Waals surface area contributed by atoms with Gasteiger partial charge < -0.3 is 24.3 Å². The van der Waals surface area contributed by atoms with E-state index in [9.17, 15) is 9.59 Å². The molecule has 7 heteroatoms. The van der Waals surface area contributed by atoms with Crippen LogP contribution in [0, 0.1) is 0 Å². The molecule has 0 spiro atoms. The lowest BCUT2D eigenvalue weighted by Gasteiger charge is -2.11. The van der Waals surface area contributed by atoms with Gasteiger partial charge in [-0.3, -0.25) is 4.79 Å². The van der Waals surface area contributed by atoms with Gasteiger partial charge in [-0.1, -0.05) is 30.3 Å². The van der Waals surface area contributed by atoms with Crippen molar-refractivity contribution in [2.75, 3.05) is 20.8 Å². The van der Waals surface area contributed by atoms with Crippen molar-refractivity contribution in [1.82, 2.24) is 5.32 Å². The number of hydrogen-bond acceptors (Lipinski definition) is 6. The third-order valence-corrected chi connectivity index (χ3v) is 4.32. The Morgan fingerprint density at radius 1 is 0.806 bits per heavy atom. The Bertz CT molecular complexity index is 1040. The highest BCUT2D eigenvalue weighted by molar-refractivity contribution is 5.91. The molecule has 0 bridgehead atoms. The first-order valence-corrected chi connectivity index (χ1v) is 9.56. The van der Waals surface area contributed by atoms with Crippen LogP contribution in [0.15, 0.2) is 72.8 Å². The maximum absolute atomic E-state index is 12.3. The molecule has 0 heterocycles. The first-order valence-electron chi connectivity index (χ1n) is 9.56. The number of amides is 1. The highest BCUT2D eigenvalue weighted by Gasteiger charge is 2.12. The molecule has 3 aromatic carbocycles. The van der Waals surface area contributed by atoms with Crippen LogP contribution in [0.25, 0.3) is 0 Å². The second-order valence-corrected chi connectivity index (χ2v) is 6.49. The van der Waals surface area contributed by atoms with Crippen molar-refractivity contribution < 1.29 is 28.5 Å². The molecule has 3 rings (SSSR count). The van der Waals surface area contributed by atoms with Crippen LogP contribution in [0.4, 0.5) is 0 Å². The van der Waals surface area contributed by atoms with Crippen LogP contribution in [0.3, 0.4) is 0 Å². The van der Waals surface area contributed by atoms with E-state index in [0.29, 0.717) is 28.6 Å². The summed E-state index contributed by atoms with van der Waals surface area (Å²) in [6.07, 6.45) is 0. The highest BCUT2D eigenvalue weighted by atomic mass is 16.5. The molecule has 0 saturated heterocycles. The van der Waals surface area contributed by atoms with E-state index in [1.807, 2.05) is 36.4 Å². The van der Waals surface area contributed by atoms with Gasteiger partial charge in [-0.25, -0.2) is 4.79 Å². The van der Waals surface area contributed by atoms with Crippen LogP contribution in [0.5, 0.6) is 23.0 Å². The summed E-state index contributed by atoms with van der Waals surface area (Å²) < 4.78 is 21.3. The number of rotatable bonds is 9. The summed E-state index contributed by atoms with van der Waals surface area (Å²) in [5.74, 6) is 1.30. The molecule has 0 saturated carbocycles. The molecule has 3 aromatic rings. The molecule has 1 N–H and O–H groups in total. The lowest BCUT2D eigenvalue weighted by atomic mass is 10.2. The van der Waals surface area contributed by atoms with Crippen molar-refractivity contribution in [1.29, 1.82) is 0 Å². The van der Waals surface area contributed by atoms with Crippen molar-refractivity contribution in [3.8, 4) is 23.0 Å². The molecule has 0 aliphatic rings. The minimum absolute atomic E-state index is 0.261. The Morgan fingerprint density at radius 3 is 2.29 bits per heavy atom. The molecular formula is C24H23NO6. The van der Waals surface area contributed by atoms with Gasteiger partial charge in [0.1, 0.15) is 11.5 Å². The Hall–Kier alpha value is -4.00. The van der Waals surface area contributed by atoms with E-state index in [-0.39, 0.29) is 6.54 Å². The summed E-state index contributed by atoms with van der Waals surface area (Å²) in [5.41, 5.74) is 1.12. The van der Waals surface area contributed by atoms with Crippen molar-refractivity contribution >= 4 is 11.9 Å². The van der Waals surface area contributed by atoms with Crippen LogP contribution in [0.1, 0.15) is 15.9 Å². The zero-order valence-electron chi connectivity index (χ0n) is 17.3. The molecular weight excluding hydrogens is 398 g/mol. The number of hydrogen-bond donors (Lipinski definition) is 1. The molecule has 0 atom stereocenters. The van der Waals surface area contributed by atoms with Crippen molar-refractivity contribution in [3.63, 3.8) is 0 Å². The Kier molecular flexibility index (Phi) is 7.48. The van der Waals surface area contributed by atoms with Crippen LogP contribution >= 0.6 is 0 Å². The number of nitrogens with one attached hydrogen (secondary N) is 1. The fourth-order valence-corrected chi connectivity index (χ4v) is 2.77. The number of esters is 1. The quantitative estimate of drug-likeness (QED) is 0.527. The minimum Gasteiger partial charge on any atom is -0.493 e. The SMILES string of the molecule is COc1ccc(CNC(=O)COC(=O)c2cccc(Oc3ccccc3)c2)cc1OC. The third kappa shape index (κ3) is 6.24. The molecule has 160 valence electrons. The topological polar surface area (TPSA) is 83.1 Å². The molecule has 0 aliphatic carbocycles. The van der Waals surface area contributed by atoms with Crippen LogP contribution in [0.2, 0.25) is 0 Å². The van der Waals surface area contributed by atoms with E-state index in [1.165, 1.54) is 0 Å². The molecule has 7 nitrogen and oxygen atoms in total. The Morgan fingerprint density at radius 2 is 1.55 bits per heavy atom. The smallest absolute Gasteiger partial charge is 0.338 e. The predicted octanol–water partition coefficient (Wildman–Crippen LogP) is 3.97. The molecule has 1 amide bonds. The van der Waals surface area contributed by atoms with E-state index in [1.54, 1.807) is 50.6 Å². The normalized spacial score (nSPS) is 10.1. The van der Waals surface area contributed by atoms with E-state index in [0.717, 1.165) is 5.56 Å². The monoisotopic (exact) mass is 421 g/mol. The number of methoxy groups -OCH3 is 2. The van der Waals surface area contributed by atoms with Gasteiger partial charge in [-0.05, 0) is 48.0 Å². The standard InChI is InChI=1S/C24H23NO6/c1-28-21-12-11-17(13-22(21)29-2)15-25-23(26)16-30-24(27)18-7-6-10-20(14-18)31-19-8-4-3-5-9-19/h3-14H,15-16H2,1-2H3,(H,25,26). The number of para-hydroxylation sites is 1. The van der Waals surface area contributed by atoms with Gasteiger partial charge in [0.2, 0.25) is 0 Å². The average molecular weight is 421 g/mol. The first-order chi connectivity index (χ1) is 15.1. The van der Waals surface area contributed by atoms with E-state index < -0.39 is 18.5 Å². The number of ether oxygens (including phenoxy) is 4. The fraction of sp³-hybridized carbons (Fsp3) is 0.167. The van der Waals surface area contributed by atoms with Gasteiger partial charge in [-0.15, -0.1) is 0 Å². The highest BCUT2D eigenvalue weighted by Crippen LogP contribution is 2.27. The van der Waals surface area contributed by atoms with Gasteiger partial charge in [0, 0.05) is 6.54 Å². The number of carbonyl (C=O) groups is 2. The Labute approximate surface area is 180 Å². The number of benzene rings is 3. The van der Waals surface area contributed by atoms with Crippen LogP contribution in [-0.4, -0.2) is 32.7 Å². The van der Waals surface area contributed by atoms with Crippen molar-refractivity contribution in [2.45, 2.75) is 6.54 Å². The summed E-state index contributed by atoms with van der Waals surface area (Å²) in [7, 11) is 3.09. The maximum Gasteiger partial charge on any atom is 0.338 e. The van der Waals surface area contributed by atoms with Gasteiger partial charge >= 0.3 is 5.97 Å². The van der Waals surface area contributed by atoms with E-state index in [4.69, 9.17) is 18.9 Å². The van der Waals surface area contributed by atoms with Gasteiger partial charge in [-0.2, -0.15) is 0 Å². The third-order valence-electron chi connectivity index (χ3n) is 4.32. The molecule has 0 radical (unpaired) electrons. The van der Waals surface area contributed by atoms with Gasteiger partial charge in [0.25, 0.3) is 5.91 Å². The summed E-state index contributed by atoms with van der Waals surface area (Å²) >= 11 is 0. The van der Waals surface area contributed by atoms with Gasteiger partial charge in [0.05, 0.1) is 19.8 Å². The summed E-state index contributed by atoms with van der Waals surface area (Å²) in [6.45, 7) is -0.132. The molecule has 0 unspecified atom stereocenters. The zero-order chi connectivity index (χ0) is 22.1. The summed E-state index contributed by atoms with van der Waals surface area (Å²) in [5, 5.41) is 2.70. The van der Waals surface area contributed by atoms with Gasteiger partial charge in [0.15, 0.2) is 18.1 Å². The van der Waals surface area contributed by atoms with Crippen LogP contribution in [-0.2, 0) is 16.1 Å². The van der Waals surface area contributed by atoms with E-state index >= 15 is 0 Å². The minimum atomic E-state index is -0.611. The molecule has 0 aliphatic heterocycles. The molecule has 31 heavy (non-hydrogen) atoms. The van der Waals surface area contributed by atoms with E-state index in [2.05, 4.69) is 5.32 Å². The lowest BCUT2D eigenvalue weighted by Crippen LogP contribution is -2.28. The zero-order valence-corrected chi connectivity index (χ0v) is 17.3. The molecule has 0 aromatic heterocycles. The second-order valence-electron chi connectivity index (χ2n) is 6.49. The van der Waals surface area contributed by atoms with Crippen molar-refractivity contribution in [2.24, 2.45) is 0 Å². The predicted molar refractivity (Wildman–Crippen MR) is 115 cm³/mol. The lowest BCUT2D eigenvalue weighted by molar-refractivity contribution is -0.124. The second kappa shape index (κ2) is 10.7. The Balaban J connectivity index is 1.50. The maximum atomic E-state index is 12.3. The van der Waals surface area contributed by atoms with Crippen molar-refractivity contribution in [3.05, 3.63) is 83.9 Å². The number of carbonyl (C=O) groups excluding carboxylic acids is 2. The summed E-state index contributed by atoms with van der Waals surface area (Å²) in [6, 6.07) is 21.1. The molecule has 0 fully saturated rings. The first kappa shape index (κ1) is 21.7.